The Balaban J connectivity index is 2.05. The molecule has 0 atom stereocenters. The van der Waals surface area contributed by atoms with Crippen molar-refractivity contribution in [2.45, 2.75) is 19.8 Å². The van der Waals surface area contributed by atoms with Crippen LogP contribution in [0.15, 0.2) is 15.2 Å². The normalized spacial score (nSPS) is 10.9. The first-order valence-corrected chi connectivity index (χ1v) is 6.25. The van der Waals surface area contributed by atoms with Crippen molar-refractivity contribution in [2.24, 2.45) is 0 Å². The molecule has 0 saturated heterocycles. The summed E-state index contributed by atoms with van der Waals surface area (Å²) >= 11 is 1.65. The monoisotopic (exact) mass is 237 g/mol. The third-order valence-electron chi connectivity index (χ3n) is 2.37. The number of rotatable bonds is 5. The minimum atomic E-state index is 0.637. The number of hydrogen-bond donors (Lipinski definition) is 1. The maximum absolute atomic E-state index is 5.61. The van der Waals surface area contributed by atoms with E-state index in [1.807, 2.05) is 12.4 Å². The average Bonchev–Trinajstić information content (AvgIpc) is 2.87. The van der Waals surface area contributed by atoms with Gasteiger partial charge in [0, 0.05) is 11.8 Å². The molecule has 0 aliphatic rings. The lowest BCUT2D eigenvalue weighted by Crippen LogP contribution is -2.08. The predicted molar refractivity (Wildman–Crippen MR) is 64.6 cm³/mol. The molecular formula is C11H15N3OS. The zero-order valence-corrected chi connectivity index (χ0v) is 10.3. The Morgan fingerprint density at radius 1 is 1.38 bits per heavy atom. The zero-order chi connectivity index (χ0) is 11.4. The zero-order valence-electron chi connectivity index (χ0n) is 9.49. The topological polar surface area (TPSA) is 51.0 Å². The van der Waals surface area contributed by atoms with Crippen LogP contribution in [0.3, 0.4) is 0 Å². The second-order valence-corrected chi connectivity index (χ2v) is 4.42. The number of nitrogens with zero attached hydrogens (tertiary/aromatic N) is 2. The highest BCUT2D eigenvalue weighted by atomic mass is 32.1. The van der Waals surface area contributed by atoms with Crippen LogP contribution in [0.2, 0.25) is 0 Å². The van der Waals surface area contributed by atoms with Gasteiger partial charge in [-0.2, -0.15) is 11.3 Å². The summed E-state index contributed by atoms with van der Waals surface area (Å²) in [6.07, 6.45) is 1.85. The number of aromatic nitrogens is 2. The van der Waals surface area contributed by atoms with Crippen LogP contribution in [0.4, 0.5) is 0 Å². The molecule has 0 aromatic carbocycles. The van der Waals surface area contributed by atoms with E-state index in [9.17, 15) is 0 Å². The maximum Gasteiger partial charge on any atom is 0.248 e. The van der Waals surface area contributed by atoms with Crippen molar-refractivity contribution in [1.29, 1.82) is 0 Å². The summed E-state index contributed by atoms with van der Waals surface area (Å²) in [5.41, 5.74) is 2.24. The van der Waals surface area contributed by atoms with Gasteiger partial charge in [-0.25, -0.2) is 0 Å². The summed E-state index contributed by atoms with van der Waals surface area (Å²) in [6.45, 7) is 3.02. The van der Waals surface area contributed by atoms with Gasteiger partial charge >= 0.3 is 0 Å². The van der Waals surface area contributed by atoms with Crippen molar-refractivity contribution < 1.29 is 4.42 Å². The van der Waals surface area contributed by atoms with Gasteiger partial charge in [0.05, 0.1) is 5.56 Å². The van der Waals surface area contributed by atoms with Crippen LogP contribution in [-0.4, -0.2) is 23.8 Å². The Morgan fingerprint density at radius 3 is 2.94 bits per heavy atom. The molecule has 2 aromatic heterocycles. The molecule has 2 aromatic rings. The Kier molecular flexibility index (Phi) is 3.69. The standard InChI is InChI=1S/C11H15N3OS/c1-8-6-16-7-9(8)11-14-13-10(15-11)4-3-5-12-2/h6-7,12H,3-5H2,1-2H3. The summed E-state index contributed by atoms with van der Waals surface area (Å²) in [6, 6.07) is 0. The van der Waals surface area contributed by atoms with E-state index >= 15 is 0 Å². The molecule has 0 aliphatic heterocycles. The molecule has 0 bridgehead atoms. The first-order chi connectivity index (χ1) is 7.81. The Morgan fingerprint density at radius 2 is 2.25 bits per heavy atom. The SMILES string of the molecule is CNCCCc1nnc(-c2cscc2C)o1. The van der Waals surface area contributed by atoms with Gasteiger partial charge in [-0.05, 0) is 37.9 Å². The molecule has 2 rings (SSSR count). The summed E-state index contributed by atoms with van der Waals surface area (Å²) in [5.74, 6) is 1.36. The Bertz CT molecular complexity index is 450. The van der Waals surface area contributed by atoms with Crippen LogP contribution in [-0.2, 0) is 6.42 Å². The number of aryl methyl sites for hydroxylation is 2. The highest BCUT2D eigenvalue weighted by Gasteiger charge is 2.10. The third kappa shape index (κ3) is 2.48. The van der Waals surface area contributed by atoms with Crippen molar-refractivity contribution in [2.75, 3.05) is 13.6 Å². The molecule has 0 unspecified atom stereocenters. The molecule has 0 fully saturated rings. The molecule has 0 amide bonds. The van der Waals surface area contributed by atoms with Crippen molar-refractivity contribution in [1.82, 2.24) is 15.5 Å². The highest BCUT2D eigenvalue weighted by Crippen LogP contribution is 2.25. The molecule has 0 aliphatic carbocycles. The minimum absolute atomic E-state index is 0.637. The third-order valence-corrected chi connectivity index (χ3v) is 3.23. The van der Waals surface area contributed by atoms with Crippen LogP contribution in [0.25, 0.3) is 11.5 Å². The van der Waals surface area contributed by atoms with Gasteiger partial charge in [0.1, 0.15) is 0 Å². The molecule has 5 heteroatoms. The van der Waals surface area contributed by atoms with Crippen molar-refractivity contribution >= 4 is 11.3 Å². The lowest BCUT2D eigenvalue weighted by Gasteiger charge is -1.94. The van der Waals surface area contributed by atoms with E-state index < -0.39 is 0 Å². The number of hydrogen-bond acceptors (Lipinski definition) is 5. The van der Waals surface area contributed by atoms with Gasteiger partial charge in [0.25, 0.3) is 0 Å². The molecule has 0 spiro atoms. The molecule has 1 N–H and O–H groups in total. The fraction of sp³-hybridized carbons (Fsp3) is 0.455. The quantitative estimate of drug-likeness (QED) is 0.810. The van der Waals surface area contributed by atoms with Crippen molar-refractivity contribution in [3.8, 4) is 11.5 Å². The molecule has 0 radical (unpaired) electrons. The fourth-order valence-corrected chi connectivity index (χ4v) is 2.28. The number of nitrogens with one attached hydrogen (secondary N) is 1. The predicted octanol–water partition coefficient (Wildman–Crippen LogP) is 2.26. The second-order valence-electron chi connectivity index (χ2n) is 3.68. The minimum Gasteiger partial charge on any atom is -0.421 e. The van der Waals surface area contributed by atoms with E-state index in [1.165, 1.54) is 5.56 Å². The van der Waals surface area contributed by atoms with Crippen LogP contribution in [0, 0.1) is 6.92 Å². The van der Waals surface area contributed by atoms with Crippen LogP contribution >= 0.6 is 11.3 Å². The first-order valence-electron chi connectivity index (χ1n) is 5.31. The van der Waals surface area contributed by atoms with Crippen molar-refractivity contribution in [3.05, 3.63) is 22.2 Å². The van der Waals surface area contributed by atoms with Crippen LogP contribution < -0.4 is 5.32 Å². The first kappa shape index (κ1) is 11.3. The smallest absolute Gasteiger partial charge is 0.248 e. The Labute approximate surface area is 98.7 Å². The van der Waals surface area contributed by atoms with Gasteiger partial charge in [-0.15, -0.1) is 10.2 Å². The van der Waals surface area contributed by atoms with E-state index in [1.54, 1.807) is 11.3 Å². The van der Waals surface area contributed by atoms with E-state index in [0.717, 1.165) is 30.8 Å². The Hall–Kier alpha value is -1.20. The fourth-order valence-electron chi connectivity index (χ4n) is 1.46. The molecule has 16 heavy (non-hydrogen) atoms. The van der Waals surface area contributed by atoms with Crippen LogP contribution in [0.1, 0.15) is 17.9 Å². The summed E-state index contributed by atoms with van der Waals surface area (Å²) < 4.78 is 5.61. The number of thiophene rings is 1. The van der Waals surface area contributed by atoms with E-state index in [4.69, 9.17) is 4.42 Å². The molecule has 2 heterocycles. The second kappa shape index (κ2) is 5.23. The summed E-state index contributed by atoms with van der Waals surface area (Å²) in [7, 11) is 1.94. The van der Waals surface area contributed by atoms with Gasteiger partial charge in [-0.1, -0.05) is 0 Å². The van der Waals surface area contributed by atoms with Gasteiger partial charge < -0.3 is 9.73 Å². The molecular weight excluding hydrogens is 222 g/mol. The highest BCUT2D eigenvalue weighted by molar-refractivity contribution is 7.08. The maximum atomic E-state index is 5.61. The lowest BCUT2D eigenvalue weighted by molar-refractivity contribution is 0.494. The van der Waals surface area contributed by atoms with Gasteiger partial charge in [0.2, 0.25) is 11.8 Å². The van der Waals surface area contributed by atoms with Gasteiger partial charge in [0.15, 0.2) is 0 Å². The largest absolute Gasteiger partial charge is 0.421 e. The van der Waals surface area contributed by atoms with E-state index in [2.05, 4.69) is 27.8 Å². The van der Waals surface area contributed by atoms with Crippen LogP contribution in [0.5, 0.6) is 0 Å². The summed E-state index contributed by atoms with van der Waals surface area (Å²) in [5, 5.41) is 15.3. The molecule has 4 nitrogen and oxygen atoms in total. The average molecular weight is 237 g/mol. The van der Waals surface area contributed by atoms with E-state index in [0.29, 0.717) is 5.89 Å². The molecule has 0 saturated carbocycles. The van der Waals surface area contributed by atoms with E-state index in [-0.39, 0.29) is 0 Å². The molecule has 86 valence electrons. The van der Waals surface area contributed by atoms with Gasteiger partial charge in [-0.3, -0.25) is 0 Å². The van der Waals surface area contributed by atoms with Crippen molar-refractivity contribution in [3.63, 3.8) is 0 Å². The lowest BCUT2D eigenvalue weighted by atomic mass is 10.2. The summed E-state index contributed by atoms with van der Waals surface area (Å²) in [4.78, 5) is 0.